The molecule has 0 spiro atoms. The summed E-state index contributed by atoms with van der Waals surface area (Å²) in [5.41, 5.74) is 2.15. The number of nitrogens with one attached hydrogen (secondary N) is 1. The second-order valence-corrected chi connectivity index (χ2v) is 5.99. The first-order valence-electron chi connectivity index (χ1n) is 8.51. The fourth-order valence-electron chi connectivity index (χ4n) is 2.88. The van der Waals surface area contributed by atoms with Crippen molar-refractivity contribution >= 4 is 5.91 Å². The topological polar surface area (TPSA) is 56.8 Å². The van der Waals surface area contributed by atoms with Crippen LogP contribution in [0.5, 0.6) is 17.2 Å². The minimum Gasteiger partial charge on any atom is -0.497 e. The zero-order chi connectivity index (χ0) is 17.6. The highest BCUT2D eigenvalue weighted by Crippen LogP contribution is 2.32. The third-order valence-electron chi connectivity index (χ3n) is 4.34. The average molecular weight is 341 g/mol. The molecule has 5 heteroatoms. The monoisotopic (exact) mass is 341 g/mol. The minimum absolute atomic E-state index is 0.00941. The van der Waals surface area contributed by atoms with Gasteiger partial charge < -0.3 is 19.5 Å². The molecule has 1 atom stereocenters. The molecule has 1 unspecified atom stereocenters. The van der Waals surface area contributed by atoms with Crippen molar-refractivity contribution in [1.29, 1.82) is 0 Å². The van der Waals surface area contributed by atoms with Crippen LogP contribution in [0.4, 0.5) is 0 Å². The molecule has 1 N–H and O–H groups in total. The number of aryl methyl sites for hydroxylation is 1. The van der Waals surface area contributed by atoms with Gasteiger partial charge in [0.05, 0.1) is 13.2 Å². The second kappa shape index (κ2) is 7.92. The molecule has 0 saturated carbocycles. The summed E-state index contributed by atoms with van der Waals surface area (Å²) in [6.45, 7) is 2.33. The predicted octanol–water partition coefficient (Wildman–Crippen LogP) is 3.62. The van der Waals surface area contributed by atoms with Crippen molar-refractivity contribution in [3.8, 4) is 17.2 Å². The lowest BCUT2D eigenvalue weighted by molar-refractivity contribution is -0.121. The van der Waals surface area contributed by atoms with Crippen LogP contribution in [-0.2, 0) is 11.2 Å². The van der Waals surface area contributed by atoms with Gasteiger partial charge in [-0.3, -0.25) is 4.79 Å². The third-order valence-corrected chi connectivity index (χ3v) is 4.34. The highest BCUT2D eigenvalue weighted by atomic mass is 16.7. The largest absolute Gasteiger partial charge is 0.497 e. The van der Waals surface area contributed by atoms with Crippen LogP contribution in [0.2, 0.25) is 0 Å². The molecule has 1 heterocycles. The number of methoxy groups -OCH3 is 1. The van der Waals surface area contributed by atoms with Crippen LogP contribution in [0.15, 0.2) is 42.5 Å². The predicted molar refractivity (Wildman–Crippen MR) is 95.1 cm³/mol. The summed E-state index contributed by atoms with van der Waals surface area (Å²) in [4.78, 5) is 12.3. The van der Waals surface area contributed by atoms with E-state index in [1.807, 2.05) is 42.5 Å². The Labute approximate surface area is 147 Å². The van der Waals surface area contributed by atoms with Gasteiger partial charge in [0.15, 0.2) is 11.5 Å². The summed E-state index contributed by atoms with van der Waals surface area (Å²) in [5.74, 6) is 2.37. The van der Waals surface area contributed by atoms with Gasteiger partial charge in [0.2, 0.25) is 12.7 Å². The van der Waals surface area contributed by atoms with E-state index in [0.717, 1.165) is 34.8 Å². The standard InChI is InChI=1S/C20H23NO4/c1-3-17(15-6-8-16(23-2)9-7-15)21-20(22)11-5-14-4-10-18-19(12-14)25-13-24-18/h4,6-10,12,17H,3,5,11,13H2,1-2H3,(H,21,22). The fourth-order valence-corrected chi connectivity index (χ4v) is 2.88. The van der Waals surface area contributed by atoms with E-state index < -0.39 is 0 Å². The highest BCUT2D eigenvalue weighted by molar-refractivity contribution is 5.76. The van der Waals surface area contributed by atoms with Gasteiger partial charge in [-0.1, -0.05) is 25.1 Å². The van der Waals surface area contributed by atoms with Crippen molar-refractivity contribution in [1.82, 2.24) is 5.32 Å². The van der Waals surface area contributed by atoms with E-state index in [4.69, 9.17) is 14.2 Å². The smallest absolute Gasteiger partial charge is 0.231 e. The van der Waals surface area contributed by atoms with Gasteiger partial charge in [-0.05, 0) is 48.2 Å². The van der Waals surface area contributed by atoms with Crippen LogP contribution in [0.1, 0.15) is 36.9 Å². The highest BCUT2D eigenvalue weighted by Gasteiger charge is 2.15. The average Bonchev–Trinajstić information content (AvgIpc) is 3.12. The Balaban J connectivity index is 1.55. The Kier molecular flexibility index (Phi) is 5.43. The first-order valence-corrected chi connectivity index (χ1v) is 8.51. The van der Waals surface area contributed by atoms with E-state index in [1.54, 1.807) is 7.11 Å². The molecule has 0 radical (unpaired) electrons. The van der Waals surface area contributed by atoms with Crippen LogP contribution < -0.4 is 19.5 Å². The second-order valence-electron chi connectivity index (χ2n) is 5.99. The molecule has 0 bridgehead atoms. The molecule has 132 valence electrons. The van der Waals surface area contributed by atoms with Gasteiger partial charge in [-0.25, -0.2) is 0 Å². The number of carbonyl (C=O) groups excluding carboxylic acids is 1. The molecule has 0 aromatic heterocycles. The van der Waals surface area contributed by atoms with Crippen LogP contribution in [-0.4, -0.2) is 19.8 Å². The summed E-state index contributed by atoms with van der Waals surface area (Å²) in [7, 11) is 1.64. The van der Waals surface area contributed by atoms with Gasteiger partial charge in [0.25, 0.3) is 0 Å². The molecule has 25 heavy (non-hydrogen) atoms. The Morgan fingerprint density at radius 1 is 1.16 bits per heavy atom. The van der Waals surface area contributed by atoms with Gasteiger partial charge in [0, 0.05) is 6.42 Å². The van der Waals surface area contributed by atoms with Crippen molar-refractivity contribution in [2.75, 3.05) is 13.9 Å². The van der Waals surface area contributed by atoms with Crippen molar-refractivity contribution in [2.24, 2.45) is 0 Å². The number of rotatable bonds is 7. The summed E-state index contributed by atoms with van der Waals surface area (Å²) < 4.78 is 15.8. The molecule has 0 fully saturated rings. The normalized spacial score (nSPS) is 13.4. The molecule has 3 rings (SSSR count). The lowest BCUT2D eigenvalue weighted by atomic mass is 10.0. The zero-order valence-corrected chi connectivity index (χ0v) is 14.6. The van der Waals surface area contributed by atoms with Crippen molar-refractivity contribution in [3.05, 3.63) is 53.6 Å². The van der Waals surface area contributed by atoms with E-state index >= 15 is 0 Å². The first-order chi connectivity index (χ1) is 12.2. The zero-order valence-electron chi connectivity index (χ0n) is 14.6. The summed E-state index contributed by atoms with van der Waals surface area (Å²) in [6, 6.07) is 13.6. The van der Waals surface area contributed by atoms with Crippen LogP contribution in [0.3, 0.4) is 0 Å². The van der Waals surface area contributed by atoms with Gasteiger partial charge >= 0.3 is 0 Å². The Morgan fingerprint density at radius 2 is 1.92 bits per heavy atom. The molecule has 5 nitrogen and oxygen atoms in total. The SMILES string of the molecule is CCC(NC(=O)CCc1ccc2c(c1)OCO2)c1ccc(OC)cc1. The molecule has 0 aliphatic carbocycles. The minimum atomic E-state index is 0.00941. The summed E-state index contributed by atoms with van der Waals surface area (Å²) in [5, 5.41) is 3.11. The number of hydrogen-bond donors (Lipinski definition) is 1. The van der Waals surface area contributed by atoms with Gasteiger partial charge in [0.1, 0.15) is 5.75 Å². The Morgan fingerprint density at radius 3 is 2.64 bits per heavy atom. The van der Waals surface area contributed by atoms with Crippen molar-refractivity contribution in [2.45, 2.75) is 32.2 Å². The Bertz CT molecular complexity index is 727. The molecular weight excluding hydrogens is 318 g/mol. The van der Waals surface area contributed by atoms with E-state index in [2.05, 4.69) is 12.2 Å². The molecule has 1 aliphatic rings. The maximum absolute atomic E-state index is 12.3. The molecule has 1 amide bonds. The molecular formula is C20H23NO4. The van der Waals surface area contributed by atoms with Crippen LogP contribution in [0, 0.1) is 0 Å². The Hall–Kier alpha value is -2.69. The quantitative estimate of drug-likeness (QED) is 0.836. The van der Waals surface area contributed by atoms with Crippen LogP contribution in [0.25, 0.3) is 0 Å². The van der Waals surface area contributed by atoms with E-state index in [-0.39, 0.29) is 18.7 Å². The fraction of sp³-hybridized carbons (Fsp3) is 0.350. The number of benzene rings is 2. The maximum atomic E-state index is 12.3. The van der Waals surface area contributed by atoms with Crippen molar-refractivity contribution in [3.63, 3.8) is 0 Å². The lowest BCUT2D eigenvalue weighted by Crippen LogP contribution is -2.28. The number of fused-ring (bicyclic) bond motifs is 1. The van der Waals surface area contributed by atoms with E-state index in [0.29, 0.717) is 12.8 Å². The molecule has 0 saturated heterocycles. The molecule has 2 aromatic carbocycles. The molecule has 2 aromatic rings. The maximum Gasteiger partial charge on any atom is 0.231 e. The van der Waals surface area contributed by atoms with Crippen molar-refractivity contribution < 1.29 is 19.0 Å². The number of amides is 1. The lowest BCUT2D eigenvalue weighted by Gasteiger charge is -2.18. The van der Waals surface area contributed by atoms with Gasteiger partial charge in [-0.15, -0.1) is 0 Å². The summed E-state index contributed by atoms with van der Waals surface area (Å²) in [6.07, 6.45) is 1.94. The number of ether oxygens (including phenoxy) is 3. The summed E-state index contributed by atoms with van der Waals surface area (Å²) >= 11 is 0. The van der Waals surface area contributed by atoms with E-state index in [9.17, 15) is 4.79 Å². The van der Waals surface area contributed by atoms with Crippen LogP contribution >= 0.6 is 0 Å². The number of carbonyl (C=O) groups is 1. The van der Waals surface area contributed by atoms with Gasteiger partial charge in [-0.2, -0.15) is 0 Å². The van der Waals surface area contributed by atoms with E-state index in [1.165, 1.54) is 0 Å². The molecule has 1 aliphatic heterocycles. The number of hydrogen-bond acceptors (Lipinski definition) is 4. The first kappa shape index (κ1) is 17.1. The third kappa shape index (κ3) is 4.24.